The second-order valence-electron chi connectivity index (χ2n) is 12.0. The highest BCUT2D eigenvalue weighted by atomic mass is 79.9. The van der Waals surface area contributed by atoms with Crippen LogP contribution in [0, 0.1) is 18.6 Å². The molecule has 0 amide bonds. The summed E-state index contributed by atoms with van der Waals surface area (Å²) in [7, 11) is -0.552. The number of methoxy groups -OCH3 is 2. The van der Waals surface area contributed by atoms with Gasteiger partial charge in [0.05, 0.1) is 69.6 Å². The van der Waals surface area contributed by atoms with E-state index in [1.165, 1.54) is 31.4 Å². The van der Waals surface area contributed by atoms with Crippen molar-refractivity contribution in [2.75, 3.05) is 34.0 Å². The van der Waals surface area contributed by atoms with Crippen molar-refractivity contribution in [3.05, 3.63) is 132 Å². The van der Waals surface area contributed by atoms with Crippen LogP contribution in [0.3, 0.4) is 0 Å². The molecule has 2 saturated heterocycles. The molecule has 2 unspecified atom stereocenters. The van der Waals surface area contributed by atoms with E-state index < -0.39 is 15.9 Å². The third kappa shape index (κ3) is 11.1. The molecule has 7 nitrogen and oxygen atoms in total. The fourth-order valence-corrected chi connectivity index (χ4v) is 7.96. The van der Waals surface area contributed by atoms with Crippen LogP contribution in [0.2, 0.25) is 20.1 Å². The summed E-state index contributed by atoms with van der Waals surface area (Å²) in [6.07, 6.45) is 0.691. The zero-order chi connectivity index (χ0) is 39.2. The first-order chi connectivity index (χ1) is 25.7. The quantitative estimate of drug-likeness (QED) is 0.102. The van der Waals surface area contributed by atoms with Gasteiger partial charge in [0.1, 0.15) is 29.2 Å². The summed E-state index contributed by atoms with van der Waals surface area (Å²) in [5.41, 5.74) is 3.97. The minimum atomic E-state index is -3.61. The van der Waals surface area contributed by atoms with Crippen LogP contribution >= 0.6 is 62.3 Å². The Morgan fingerprint density at radius 2 is 1.19 bits per heavy atom. The third-order valence-corrected chi connectivity index (χ3v) is 11.1. The first-order valence-corrected chi connectivity index (χ1v) is 19.9. The van der Waals surface area contributed by atoms with Gasteiger partial charge in [0.15, 0.2) is 0 Å². The lowest BCUT2D eigenvalue weighted by molar-refractivity contribution is 0.266. The minimum absolute atomic E-state index is 0.0507. The second kappa shape index (κ2) is 18.8. The lowest BCUT2D eigenvalue weighted by Gasteiger charge is -2.16. The maximum absolute atomic E-state index is 14.0. The molecule has 0 N–H and O–H groups in total. The molecular weight excluding hydrogens is 872 g/mol. The molecular formula is C39H33BrCl4F2O7S. The molecule has 2 atom stereocenters. The Bertz CT molecular complexity index is 2180. The average Bonchev–Trinajstić information content (AvgIpc) is 4.05. The van der Waals surface area contributed by atoms with E-state index in [4.69, 9.17) is 69.5 Å². The highest BCUT2D eigenvalue weighted by molar-refractivity contribution is 9.10. The predicted molar refractivity (Wildman–Crippen MR) is 212 cm³/mol. The Hall–Kier alpha value is -2.97. The van der Waals surface area contributed by atoms with Crippen LogP contribution in [0.5, 0.6) is 11.5 Å². The van der Waals surface area contributed by atoms with E-state index in [0.29, 0.717) is 78.0 Å². The maximum atomic E-state index is 14.0. The fraction of sp³-hybridized carbons (Fsp3) is 0.231. The summed E-state index contributed by atoms with van der Waals surface area (Å²) in [6, 6.07) is 22.4. The van der Waals surface area contributed by atoms with Crippen molar-refractivity contribution in [1.82, 2.24) is 0 Å². The van der Waals surface area contributed by atoms with E-state index in [2.05, 4.69) is 15.9 Å². The number of aryl methyl sites for hydroxylation is 1. The van der Waals surface area contributed by atoms with Crippen molar-refractivity contribution >= 4 is 72.5 Å². The number of halogens is 7. The molecule has 15 heteroatoms. The lowest BCUT2D eigenvalue weighted by atomic mass is 9.98. The summed E-state index contributed by atoms with van der Waals surface area (Å²) in [6.45, 7) is 3.29. The molecule has 0 aromatic heterocycles. The first-order valence-electron chi connectivity index (χ1n) is 16.2. The van der Waals surface area contributed by atoms with Crippen molar-refractivity contribution in [3.63, 3.8) is 0 Å². The predicted octanol–water partition coefficient (Wildman–Crippen LogP) is 11.4. The molecule has 0 aliphatic carbocycles. The largest absolute Gasteiger partial charge is 0.496 e. The van der Waals surface area contributed by atoms with Gasteiger partial charge in [-0.1, -0.05) is 76.2 Å². The standard InChI is InChI=1S/C16H13Cl2FO2.C13H8BrCl2FO.C10H12O4S/c1-20-16-9(6-11-8-21-11)5-10(19)7-12(16)15-13(17)3-2-4-14(15)18;1-18-13-8(5-7(17)6-9(13)14)12-10(15)3-2-4-11(12)16;1-8-2-4-10(5-3-8)15(11,12)14-7-9-6-13-9/h2-5,7,11H,6,8H2,1H3;2-6H,1H3;2-5,9H,6-7H2,1H3. The molecule has 0 bridgehead atoms. The number of hydrogen-bond acceptors (Lipinski definition) is 7. The van der Waals surface area contributed by atoms with Gasteiger partial charge >= 0.3 is 0 Å². The van der Waals surface area contributed by atoms with Crippen LogP contribution in [0.4, 0.5) is 8.78 Å². The molecule has 286 valence electrons. The number of hydrogen-bond donors (Lipinski definition) is 0. The van der Waals surface area contributed by atoms with Crippen molar-refractivity contribution in [2.45, 2.75) is 30.4 Å². The monoisotopic (exact) mass is 902 g/mol. The molecule has 7 rings (SSSR count). The molecule has 0 saturated carbocycles. The van der Waals surface area contributed by atoms with Gasteiger partial charge in [0.25, 0.3) is 10.1 Å². The summed E-state index contributed by atoms with van der Waals surface area (Å²) in [5, 5.41) is 1.80. The smallest absolute Gasteiger partial charge is 0.297 e. The third-order valence-electron chi connectivity index (χ3n) is 7.98. The van der Waals surface area contributed by atoms with Gasteiger partial charge in [-0.05, 0) is 83.5 Å². The van der Waals surface area contributed by atoms with Gasteiger partial charge in [-0.2, -0.15) is 8.42 Å². The van der Waals surface area contributed by atoms with Gasteiger partial charge in [-0.3, -0.25) is 4.18 Å². The van der Waals surface area contributed by atoms with E-state index in [1.807, 2.05) is 6.92 Å². The maximum Gasteiger partial charge on any atom is 0.297 e. The number of rotatable bonds is 10. The minimum Gasteiger partial charge on any atom is -0.496 e. The Balaban J connectivity index is 0.000000158. The molecule has 0 spiro atoms. The van der Waals surface area contributed by atoms with E-state index in [1.54, 1.807) is 67.8 Å². The summed E-state index contributed by atoms with van der Waals surface area (Å²) in [5.74, 6) is 0.333. The first kappa shape index (κ1) is 42.2. The van der Waals surface area contributed by atoms with Gasteiger partial charge in [-0.15, -0.1) is 0 Å². The Morgan fingerprint density at radius 1 is 0.722 bits per heavy atom. The van der Waals surface area contributed by atoms with Crippen LogP contribution in [-0.4, -0.2) is 54.7 Å². The van der Waals surface area contributed by atoms with Crippen molar-refractivity contribution < 1.29 is 40.3 Å². The Kier molecular flexibility index (Phi) is 14.7. The van der Waals surface area contributed by atoms with Gasteiger partial charge in [-0.25, -0.2) is 8.78 Å². The van der Waals surface area contributed by atoms with Crippen molar-refractivity contribution in [1.29, 1.82) is 0 Å². The van der Waals surface area contributed by atoms with Gasteiger partial charge in [0.2, 0.25) is 0 Å². The molecule has 2 heterocycles. The van der Waals surface area contributed by atoms with Crippen molar-refractivity contribution in [3.8, 4) is 33.8 Å². The molecule has 5 aromatic carbocycles. The van der Waals surface area contributed by atoms with E-state index in [0.717, 1.165) is 11.1 Å². The van der Waals surface area contributed by atoms with Crippen LogP contribution < -0.4 is 9.47 Å². The Labute approximate surface area is 341 Å². The van der Waals surface area contributed by atoms with E-state index in [9.17, 15) is 17.2 Å². The van der Waals surface area contributed by atoms with Gasteiger partial charge in [0, 0.05) is 34.2 Å². The Morgan fingerprint density at radius 3 is 1.65 bits per heavy atom. The topological polar surface area (TPSA) is 86.9 Å². The van der Waals surface area contributed by atoms with Crippen LogP contribution in [0.25, 0.3) is 22.3 Å². The van der Waals surface area contributed by atoms with E-state index >= 15 is 0 Å². The van der Waals surface area contributed by atoms with Gasteiger partial charge < -0.3 is 18.9 Å². The highest BCUT2D eigenvalue weighted by Gasteiger charge is 2.28. The SMILES string of the molecule is COc1c(Br)cc(F)cc1-c1c(Cl)cccc1Cl.COc1c(CC2CO2)cc(F)cc1-c1c(Cl)cccc1Cl.Cc1ccc(S(=O)(=O)OCC2CO2)cc1. The zero-order valence-corrected chi connectivity index (χ0v) is 34.4. The summed E-state index contributed by atoms with van der Waals surface area (Å²) in [4.78, 5) is 0.189. The summed E-state index contributed by atoms with van der Waals surface area (Å²) >= 11 is 28.0. The molecule has 2 aliphatic heterocycles. The lowest BCUT2D eigenvalue weighted by Crippen LogP contribution is -2.10. The number of epoxide rings is 2. The van der Waals surface area contributed by atoms with Crippen molar-refractivity contribution in [2.24, 2.45) is 0 Å². The highest BCUT2D eigenvalue weighted by Crippen LogP contribution is 2.44. The zero-order valence-electron chi connectivity index (χ0n) is 29.0. The average molecular weight is 905 g/mol. The van der Waals surface area contributed by atoms with Crippen LogP contribution in [-0.2, 0) is 30.2 Å². The number of benzene rings is 5. The second-order valence-corrected chi connectivity index (χ2v) is 16.1. The normalized spacial score (nSPS) is 15.7. The molecule has 2 fully saturated rings. The fourth-order valence-electron chi connectivity index (χ4n) is 5.23. The molecule has 2 aliphatic rings. The van der Waals surface area contributed by atoms with E-state index in [-0.39, 0.29) is 29.5 Å². The summed E-state index contributed by atoms with van der Waals surface area (Å²) < 4.78 is 76.9. The van der Waals surface area contributed by atoms with Crippen LogP contribution in [0.1, 0.15) is 11.1 Å². The molecule has 54 heavy (non-hydrogen) atoms. The molecule has 0 radical (unpaired) electrons. The number of ether oxygens (including phenoxy) is 4. The molecule has 5 aromatic rings. The van der Waals surface area contributed by atoms with Crippen LogP contribution in [0.15, 0.2) is 94.3 Å².